The molecule has 0 saturated carbocycles. The number of hydrogen-bond acceptors (Lipinski definition) is 4. The number of hydrogen-bond donors (Lipinski definition) is 3. The molecule has 1 aromatic rings. The summed E-state index contributed by atoms with van der Waals surface area (Å²) in [6, 6.07) is 7.60. The number of nitrogens with zero attached hydrogens (tertiary/aromatic N) is 1. The van der Waals surface area contributed by atoms with Crippen LogP contribution in [0.2, 0.25) is 0 Å². The molecule has 0 aliphatic rings. The van der Waals surface area contributed by atoms with Crippen LogP contribution < -0.4 is 5.73 Å². The van der Waals surface area contributed by atoms with Gasteiger partial charge in [0, 0.05) is 19.6 Å². The summed E-state index contributed by atoms with van der Waals surface area (Å²) >= 11 is 0. The molecule has 0 unspecified atom stereocenters. The molecule has 0 aromatic heterocycles. The van der Waals surface area contributed by atoms with Crippen molar-refractivity contribution in [3.05, 3.63) is 35.4 Å². The summed E-state index contributed by atoms with van der Waals surface area (Å²) in [4.78, 5) is 12.7. The maximum absolute atomic E-state index is 10.8. The number of rotatable bonds is 8. The minimum atomic E-state index is -0.343. The highest BCUT2D eigenvalue weighted by molar-refractivity contribution is 5.76. The molecule has 5 heteroatoms. The first-order chi connectivity index (χ1) is 8.65. The van der Waals surface area contributed by atoms with Crippen LogP contribution in [-0.2, 0) is 17.8 Å². The third kappa shape index (κ3) is 5.27. The van der Waals surface area contributed by atoms with Gasteiger partial charge in [-0.1, -0.05) is 24.3 Å². The first-order valence-electron chi connectivity index (χ1n) is 5.96. The highest BCUT2D eigenvalue weighted by Crippen LogP contribution is 2.08. The lowest BCUT2D eigenvalue weighted by molar-refractivity contribution is -0.117. The molecule has 5 nitrogen and oxygen atoms in total. The fourth-order valence-corrected chi connectivity index (χ4v) is 1.77. The molecule has 0 atom stereocenters. The molecule has 0 aliphatic heterocycles. The number of aliphatic hydroxyl groups excluding tert-OH is 2. The standard InChI is InChI=1S/C13H20N2O3/c14-13(18)9-11-1-3-12(4-2-11)10-15(5-7-16)6-8-17/h1-4,16-17H,5-10H2,(H2,14,18). The van der Waals surface area contributed by atoms with Gasteiger partial charge in [-0.3, -0.25) is 9.69 Å². The van der Waals surface area contributed by atoms with Crippen molar-refractivity contribution in [2.45, 2.75) is 13.0 Å². The average molecular weight is 252 g/mol. The van der Waals surface area contributed by atoms with E-state index in [-0.39, 0.29) is 25.5 Å². The Morgan fingerprint density at radius 1 is 1.06 bits per heavy atom. The van der Waals surface area contributed by atoms with Gasteiger partial charge < -0.3 is 15.9 Å². The zero-order chi connectivity index (χ0) is 13.4. The average Bonchev–Trinajstić information content (AvgIpc) is 2.31. The number of aliphatic hydroxyl groups is 2. The Hall–Kier alpha value is -1.43. The van der Waals surface area contributed by atoms with E-state index in [4.69, 9.17) is 15.9 Å². The SMILES string of the molecule is NC(=O)Cc1ccc(CN(CCO)CCO)cc1. The first-order valence-corrected chi connectivity index (χ1v) is 5.96. The summed E-state index contributed by atoms with van der Waals surface area (Å²) in [5, 5.41) is 17.8. The molecule has 0 saturated heterocycles. The molecule has 1 aromatic carbocycles. The fraction of sp³-hybridized carbons (Fsp3) is 0.462. The lowest BCUT2D eigenvalue weighted by atomic mass is 10.1. The lowest BCUT2D eigenvalue weighted by Crippen LogP contribution is -2.29. The van der Waals surface area contributed by atoms with Gasteiger partial charge >= 0.3 is 0 Å². The van der Waals surface area contributed by atoms with Gasteiger partial charge in [0.05, 0.1) is 19.6 Å². The molecule has 0 bridgehead atoms. The Bertz CT molecular complexity index is 359. The first kappa shape index (κ1) is 14.6. The molecule has 0 fully saturated rings. The third-order valence-corrected chi connectivity index (χ3v) is 2.64. The highest BCUT2D eigenvalue weighted by atomic mass is 16.3. The molecule has 0 spiro atoms. The zero-order valence-electron chi connectivity index (χ0n) is 10.4. The van der Waals surface area contributed by atoms with Gasteiger partial charge in [-0.25, -0.2) is 0 Å². The monoisotopic (exact) mass is 252 g/mol. The van der Waals surface area contributed by atoms with Crippen molar-refractivity contribution < 1.29 is 15.0 Å². The van der Waals surface area contributed by atoms with E-state index in [1.54, 1.807) is 0 Å². The summed E-state index contributed by atoms with van der Waals surface area (Å²) in [5.74, 6) is -0.343. The normalized spacial score (nSPS) is 10.8. The summed E-state index contributed by atoms with van der Waals surface area (Å²) in [5.41, 5.74) is 7.08. The van der Waals surface area contributed by atoms with Crippen molar-refractivity contribution in [2.75, 3.05) is 26.3 Å². The van der Waals surface area contributed by atoms with E-state index in [0.717, 1.165) is 11.1 Å². The van der Waals surface area contributed by atoms with Gasteiger partial charge in [0.2, 0.25) is 5.91 Å². The lowest BCUT2D eigenvalue weighted by Gasteiger charge is -2.20. The summed E-state index contributed by atoms with van der Waals surface area (Å²) in [6.07, 6.45) is 0.247. The van der Waals surface area contributed by atoms with Crippen molar-refractivity contribution in [3.63, 3.8) is 0 Å². The maximum atomic E-state index is 10.8. The van der Waals surface area contributed by atoms with Crippen molar-refractivity contribution in [1.29, 1.82) is 0 Å². The molecule has 1 amide bonds. The Morgan fingerprint density at radius 2 is 1.56 bits per heavy atom. The number of benzene rings is 1. The van der Waals surface area contributed by atoms with E-state index >= 15 is 0 Å². The van der Waals surface area contributed by atoms with E-state index < -0.39 is 0 Å². The molecule has 100 valence electrons. The zero-order valence-corrected chi connectivity index (χ0v) is 10.4. The van der Waals surface area contributed by atoms with Gasteiger partial charge in [0.25, 0.3) is 0 Å². The smallest absolute Gasteiger partial charge is 0.221 e. The third-order valence-electron chi connectivity index (χ3n) is 2.64. The van der Waals surface area contributed by atoms with Crippen LogP contribution in [0.1, 0.15) is 11.1 Å². The maximum Gasteiger partial charge on any atom is 0.221 e. The summed E-state index contributed by atoms with van der Waals surface area (Å²) in [7, 11) is 0. The van der Waals surface area contributed by atoms with E-state index in [0.29, 0.717) is 19.6 Å². The highest BCUT2D eigenvalue weighted by Gasteiger charge is 2.05. The van der Waals surface area contributed by atoms with E-state index in [1.165, 1.54) is 0 Å². The predicted molar refractivity (Wildman–Crippen MR) is 68.8 cm³/mol. The molecule has 0 radical (unpaired) electrons. The van der Waals surface area contributed by atoms with E-state index in [1.807, 2.05) is 29.2 Å². The molecule has 0 heterocycles. The second kappa shape index (κ2) is 7.81. The number of primary amides is 1. The Kier molecular flexibility index (Phi) is 6.35. The summed E-state index contributed by atoms with van der Waals surface area (Å²) in [6.45, 7) is 1.87. The van der Waals surface area contributed by atoms with Crippen molar-refractivity contribution in [3.8, 4) is 0 Å². The minimum Gasteiger partial charge on any atom is -0.395 e. The molecule has 4 N–H and O–H groups in total. The van der Waals surface area contributed by atoms with Gasteiger partial charge in [-0.15, -0.1) is 0 Å². The summed E-state index contributed by atoms with van der Waals surface area (Å²) < 4.78 is 0. The Balaban J connectivity index is 2.58. The predicted octanol–water partition coefficient (Wildman–Crippen LogP) is -0.499. The van der Waals surface area contributed by atoms with Gasteiger partial charge in [0.15, 0.2) is 0 Å². The van der Waals surface area contributed by atoms with Crippen LogP contribution in [0, 0.1) is 0 Å². The molecule has 18 heavy (non-hydrogen) atoms. The van der Waals surface area contributed by atoms with Crippen LogP contribution in [0.5, 0.6) is 0 Å². The van der Waals surface area contributed by atoms with Crippen LogP contribution in [0.15, 0.2) is 24.3 Å². The number of carbonyl (C=O) groups excluding carboxylic acids is 1. The van der Waals surface area contributed by atoms with Gasteiger partial charge in [-0.05, 0) is 11.1 Å². The number of carbonyl (C=O) groups is 1. The Morgan fingerprint density at radius 3 is 2.00 bits per heavy atom. The largest absolute Gasteiger partial charge is 0.395 e. The van der Waals surface area contributed by atoms with Crippen LogP contribution in [0.25, 0.3) is 0 Å². The molecular weight excluding hydrogens is 232 g/mol. The Labute approximate surface area is 107 Å². The van der Waals surface area contributed by atoms with E-state index in [9.17, 15) is 4.79 Å². The molecule has 1 rings (SSSR count). The second-order valence-corrected chi connectivity index (χ2v) is 4.18. The van der Waals surface area contributed by atoms with E-state index in [2.05, 4.69) is 0 Å². The number of amides is 1. The van der Waals surface area contributed by atoms with Gasteiger partial charge in [0.1, 0.15) is 0 Å². The topological polar surface area (TPSA) is 86.8 Å². The molecular formula is C13H20N2O3. The minimum absolute atomic E-state index is 0.0692. The fourth-order valence-electron chi connectivity index (χ4n) is 1.77. The van der Waals surface area contributed by atoms with Crippen LogP contribution in [0.4, 0.5) is 0 Å². The number of nitrogens with two attached hydrogens (primary N) is 1. The van der Waals surface area contributed by atoms with Crippen LogP contribution in [0.3, 0.4) is 0 Å². The molecule has 0 aliphatic carbocycles. The van der Waals surface area contributed by atoms with Crippen molar-refractivity contribution in [1.82, 2.24) is 4.90 Å². The van der Waals surface area contributed by atoms with Crippen molar-refractivity contribution in [2.24, 2.45) is 5.73 Å². The quantitative estimate of drug-likeness (QED) is 0.582. The van der Waals surface area contributed by atoms with Gasteiger partial charge in [-0.2, -0.15) is 0 Å². The van der Waals surface area contributed by atoms with Crippen LogP contribution >= 0.6 is 0 Å². The van der Waals surface area contributed by atoms with Crippen molar-refractivity contribution >= 4 is 5.91 Å². The second-order valence-electron chi connectivity index (χ2n) is 4.18. The van der Waals surface area contributed by atoms with Crippen LogP contribution in [-0.4, -0.2) is 47.3 Å².